The Hall–Kier alpha value is -3.29. The summed E-state index contributed by atoms with van der Waals surface area (Å²) in [5.74, 6) is 0.422. The first-order chi connectivity index (χ1) is 16.5. The zero-order valence-electron chi connectivity index (χ0n) is 18.4. The summed E-state index contributed by atoms with van der Waals surface area (Å²) >= 11 is 7.44. The second-order valence-corrected chi connectivity index (χ2v) is 9.57. The van der Waals surface area contributed by atoms with Gasteiger partial charge in [-0.15, -0.1) is 0 Å². The molecule has 6 nitrogen and oxygen atoms in total. The monoisotopic (exact) mass is 491 g/mol. The van der Waals surface area contributed by atoms with Crippen LogP contribution in [0.15, 0.2) is 82.7 Å². The number of rotatable bonds is 7. The Bertz CT molecular complexity index is 1420. The first-order valence-corrected chi connectivity index (χ1v) is 12.2. The summed E-state index contributed by atoms with van der Waals surface area (Å²) in [7, 11) is 1.56. The second-order valence-electron chi connectivity index (χ2n) is 8.06. The molecule has 34 heavy (non-hydrogen) atoms. The van der Waals surface area contributed by atoms with Crippen LogP contribution in [0.25, 0.3) is 16.6 Å². The second kappa shape index (κ2) is 9.52. The molecule has 4 aromatic rings. The largest absolute Gasteiger partial charge is 0.495 e. The zero-order chi connectivity index (χ0) is 23.7. The highest BCUT2D eigenvalue weighted by Crippen LogP contribution is 2.37. The molecule has 0 aliphatic heterocycles. The minimum atomic E-state index is -0.591. The van der Waals surface area contributed by atoms with Gasteiger partial charge in [0.1, 0.15) is 11.0 Å². The van der Waals surface area contributed by atoms with Crippen molar-refractivity contribution in [3.8, 4) is 11.4 Å². The molecule has 0 radical (unpaired) electrons. The standard InChI is InChI=1S/C26H22ClN3O3S/c1-33-22-10-6-5-9-21(22)30-25(32)19-14-11-17(27)15-20(19)29-26(30)34-23(16-7-3-2-4-8-16)24(31)28-18-12-13-18/h2-11,14-15,18,23H,12-13H2,1H3,(H,28,31). The van der Waals surface area contributed by atoms with Gasteiger partial charge in [-0.25, -0.2) is 4.98 Å². The molecular formula is C26H22ClN3O3S. The molecule has 1 aromatic heterocycles. The Morgan fingerprint density at radius 3 is 2.59 bits per heavy atom. The maximum absolute atomic E-state index is 13.7. The average molecular weight is 492 g/mol. The quantitative estimate of drug-likeness (QED) is 0.285. The van der Waals surface area contributed by atoms with E-state index in [9.17, 15) is 9.59 Å². The van der Waals surface area contributed by atoms with Crippen molar-refractivity contribution < 1.29 is 9.53 Å². The molecule has 0 saturated heterocycles. The lowest BCUT2D eigenvalue weighted by atomic mass is 10.1. The van der Waals surface area contributed by atoms with Crippen molar-refractivity contribution >= 4 is 40.2 Å². The zero-order valence-corrected chi connectivity index (χ0v) is 20.0. The molecule has 1 aliphatic carbocycles. The number of thioether (sulfide) groups is 1. The molecular weight excluding hydrogens is 470 g/mol. The normalized spacial score (nSPS) is 14.1. The number of benzene rings is 3. The summed E-state index contributed by atoms with van der Waals surface area (Å²) < 4.78 is 7.06. The lowest BCUT2D eigenvalue weighted by molar-refractivity contribution is -0.120. The summed E-state index contributed by atoms with van der Waals surface area (Å²) in [4.78, 5) is 31.8. The first kappa shape index (κ1) is 22.5. The van der Waals surface area contributed by atoms with Crippen molar-refractivity contribution in [3.05, 3.63) is 93.7 Å². The number of nitrogens with one attached hydrogen (secondary N) is 1. The van der Waals surface area contributed by atoms with Crippen LogP contribution in [-0.4, -0.2) is 28.6 Å². The molecule has 8 heteroatoms. The fourth-order valence-electron chi connectivity index (χ4n) is 3.76. The van der Waals surface area contributed by atoms with E-state index < -0.39 is 5.25 Å². The SMILES string of the molecule is COc1ccccc1-n1c(SC(C(=O)NC2CC2)c2ccccc2)nc2cc(Cl)ccc2c1=O. The van der Waals surface area contributed by atoms with Gasteiger partial charge < -0.3 is 10.1 Å². The van der Waals surface area contributed by atoms with Crippen LogP contribution in [0.4, 0.5) is 0 Å². The van der Waals surface area contributed by atoms with E-state index >= 15 is 0 Å². The molecule has 172 valence electrons. The number of hydrogen-bond donors (Lipinski definition) is 1. The van der Waals surface area contributed by atoms with E-state index in [0.29, 0.717) is 32.5 Å². The molecule has 3 aromatic carbocycles. The Morgan fingerprint density at radius 1 is 1.12 bits per heavy atom. The number of hydrogen-bond acceptors (Lipinski definition) is 5. The maximum Gasteiger partial charge on any atom is 0.266 e. The maximum atomic E-state index is 13.7. The number of carbonyl (C=O) groups is 1. The highest BCUT2D eigenvalue weighted by atomic mass is 35.5. The average Bonchev–Trinajstić information content (AvgIpc) is 3.67. The van der Waals surface area contributed by atoms with Crippen molar-refractivity contribution in [1.82, 2.24) is 14.9 Å². The molecule has 1 saturated carbocycles. The number of methoxy groups -OCH3 is 1. The number of ether oxygens (including phenoxy) is 1. The van der Waals surface area contributed by atoms with E-state index in [-0.39, 0.29) is 17.5 Å². The molecule has 0 spiro atoms. The van der Waals surface area contributed by atoms with E-state index in [1.54, 1.807) is 37.4 Å². The van der Waals surface area contributed by atoms with Gasteiger partial charge in [-0.1, -0.05) is 65.8 Å². The molecule has 0 bridgehead atoms. The highest BCUT2D eigenvalue weighted by molar-refractivity contribution is 8.00. The highest BCUT2D eigenvalue weighted by Gasteiger charge is 2.31. The van der Waals surface area contributed by atoms with Crippen LogP contribution in [0.3, 0.4) is 0 Å². The number of carbonyl (C=O) groups excluding carboxylic acids is 1. The first-order valence-electron chi connectivity index (χ1n) is 10.9. The molecule has 1 amide bonds. The van der Waals surface area contributed by atoms with Gasteiger partial charge in [0.15, 0.2) is 5.16 Å². The molecule has 1 N–H and O–H groups in total. The van der Waals surface area contributed by atoms with Gasteiger partial charge in [0.05, 0.1) is 23.7 Å². The molecule has 5 rings (SSSR count). The number of para-hydroxylation sites is 2. The van der Waals surface area contributed by atoms with E-state index in [1.165, 1.54) is 16.3 Å². The van der Waals surface area contributed by atoms with Crippen molar-refractivity contribution in [1.29, 1.82) is 0 Å². The Kier molecular flexibility index (Phi) is 6.30. The van der Waals surface area contributed by atoms with Crippen LogP contribution in [-0.2, 0) is 4.79 Å². The van der Waals surface area contributed by atoms with E-state index in [4.69, 9.17) is 21.3 Å². The lowest BCUT2D eigenvalue weighted by Gasteiger charge is -2.20. The predicted octanol–water partition coefficient (Wildman–Crippen LogP) is 5.16. The van der Waals surface area contributed by atoms with Crippen LogP contribution in [0.5, 0.6) is 5.75 Å². The number of aromatic nitrogens is 2. The smallest absolute Gasteiger partial charge is 0.266 e. The third-order valence-corrected chi connectivity index (χ3v) is 7.06. The van der Waals surface area contributed by atoms with Gasteiger partial charge in [0.25, 0.3) is 5.56 Å². The molecule has 1 heterocycles. The van der Waals surface area contributed by atoms with E-state index in [0.717, 1.165) is 18.4 Å². The van der Waals surface area contributed by atoms with Crippen LogP contribution in [0.1, 0.15) is 23.7 Å². The number of amides is 1. The predicted molar refractivity (Wildman–Crippen MR) is 135 cm³/mol. The van der Waals surface area contributed by atoms with Crippen LogP contribution in [0.2, 0.25) is 5.02 Å². The van der Waals surface area contributed by atoms with Crippen LogP contribution >= 0.6 is 23.4 Å². The lowest BCUT2D eigenvalue weighted by Crippen LogP contribution is -2.30. The van der Waals surface area contributed by atoms with E-state index in [2.05, 4.69) is 5.32 Å². The summed E-state index contributed by atoms with van der Waals surface area (Å²) in [6.07, 6.45) is 1.97. The summed E-state index contributed by atoms with van der Waals surface area (Å²) in [5.41, 5.74) is 1.59. The third kappa shape index (κ3) is 4.54. The molecule has 1 unspecified atom stereocenters. The fourth-order valence-corrected chi connectivity index (χ4v) is 5.04. The summed E-state index contributed by atoms with van der Waals surface area (Å²) in [6, 6.07) is 22.0. The van der Waals surface area contributed by atoms with Crippen molar-refractivity contribution in [3.63, 3.8) is 0 Å². The Labute approximate surface area is 205 Å². The summed E-state index contributed by atoms with van der Waals surface area (Å²) in [5, 5.41) is 3.79. The van der Waals surface area contributed by atoms with Gasteiger partial charge in [0.2, 0.25) is 5.91 Å². The van der Waals surface area contributed by atoms with Gasteiger partial charge in [0, 0.05) is 11.1 Å². The van der Waals surface area contributed by atoms with Crippen LogP contribution < -0.4 is 15.6 Å². The van der Waals surface area contributed by atoms with Gasteiger partial charge in [-0.05, 0) is 48.7 Å². The number of nitrogens with zero attached hydrogens (tertiary/aromatic N) is 2. The third-order valence-electron chi connectivity index (χ3n) is 5.61. The van der Waals surface area contributed by atoms with Crippen molar-refractivity contribution in [2.75, 3.05) is 7.11 Å². The van der Waals surface area contributed by atoms with Gasteiger partial charge in [-0.2, -0.15) is 0 Å². The Morgan fingerprint density at radius 2 is 1.85 bits per heavy atom. The minimum Gasteiger partial charge on any atom is -0.495 e. The minimum absolute atomic E-state index is 0.106. The Balaban J connectivity index is 1.70. The fraction of sp³-hybridized carbons (Fsp3) is 0.192. The number of halogens is 1. The molecule has 1 fully saturated rings. The van der Waals surface area contributed by atoms with Crippen molar-refractivity contribution in [2.45, 2.75) is 29.3 Å². The summed E-state index contributed by atoms with van der Waals surface area (Å²) in [6.45, 7) is 0. The van der Waals surface area contributed by atoms with E-state index in [1.807, 2.05) is 42.5 Å². The van der Waals surface area contributed by atoms with Gasteiger partial charge >= 0.3 is 0 Å². The topological polar surface area (TPSA) is 73.2 Å². The van der Waals surface area contributed by atoms with Gasteiger partial charge in [-0.3, -0.25) is 14.2 Å². The van der Waals surface area contributed by atoms with Crippen LogP contribution in [0, 0.1) is 0 Å². The van der Waals surface area contributed by atoms with Crippen molar-refractivity contribution in [2.24, 2.45) is 0 Å². The molecule has 1 aliphatic rings. The number of fused-ring (bicyclic) bond motifs is 1. The molecule has 1 atom stereocenters.